The molecular formula is C18H23FN2. The number of nitrogens with zero attached hydrogens (tertiary/aromatic N) is 1. The Morgan fingerprint density at radius 2 is 2.05 bits per heavy atom. The van der Waals surface area contributed by atoms with Gasteiger partial charge < -0.3 is 5.73 Å². The number of hydrogen-bond acceptors (Lipinski definition) is 2. The summed E-state index contributed by atoms with van der Waals surface area (Å²) in [4.78, 5) is 2.55. The van der Waals surface area contributed by atoms with Gasteiger partial charge in [-0.25, -0.2) is 4.39 Å². The molecule has 1 aromatic rings. The lowest BCUT2D eigenvalue weighted by Crippen LogP contribution is -2.41. The van der Waals surface area contributed by atoms with E-state index in [0.29, 0.717) is 12.6 Å². The molecule has 0 amide bonds. The summed E-state index contributed by atoms with van der Waals surface area (Å²) in [6, 6.07) is 5.85. The van der Waals surface area contributed by atoms with Crippen molar-refractivity contribution >= 4 is 0 Å². The van der Waals surface area contributed by atoms with E-state index in [2.05, 4.69) is 16.7 Å². The molecule has 2 aliphatic rings. The summed E-state index contributed by atoms with van der Waals surface area (Å²) < 4.78 is 13.8. The number of hydrogen-bond donors (Lipinski definition) is 1. The molecule has 0 bridgehead atoms. The van der Waals surface area contributed by atoms with Crippen LogP contribution in [0.3, 0.4) is 0 Å². The van der Waals surface area contributed by atoms with E-state index in [-0.39, 0.29) is 5.82 Å². The molecule has 1 heterocycles. The summed E-state index contributed by atoms with van der Waals surface area (Å²) in [6.07, 6.45) is 6.67. The van der Waals surface area contributed by atoms with Gasteiger partial charge in [-0.3, -0.25) is 4.90 Å². The third-order valence-corrected chi connectivity index (χ3v) is 4.79. The van der Waals surface area contributed by atoms with E-state index in [4.69, 9.17) is 5.73 Å². The highest BCUT2D eigenvalue weighted by Gasteiger charge is 2.34. The number of fused-ring (bicyclic) bond motifs is 1. The minimum atomic E-state index is -0.200. The molecule has 1 aliphatic heterocycles. The van der Waals surface area contributed by atoms with Gasteiger partial charge in [0.25, 0.3) is 0 Å². The summed E-state index contributed by atoms with van der Waals surface area (Å²) in [5.41, 5.74) is 7.15. The highest BCUT2D eigenvalue weighted by Crippen LogP contribution is 2.37. The summed E-state index contributed by atoms with van der Waals surface area (Å²) in [6.45, 7) is 2.29. The molecule has 1 aliphatic carbocycles. The molecule has 2 N–H and O–H groups in total. The van der Waals surface area contributed by atoms with Gasteiger partial charge in [-0.05, 0) is 61.9 Å². The van der Waals surface area contributed by atoms with Crippen molar-refractivity contribution in [3.05, 3.63) is 35.1 Å². The zero-order valence-corrected chi connectivity index (χ0v) is 12.4. The second-order valence-electron chi connectivity index (χ2n) is 6.23. The van der Waals surface area contributed by atoms with Crippen molar-refractivity contribution in [3.8, 4) is 11.8 Å². The normalized spacial score (nSPS) is 25.2. The van der Waals surface area contributed by atoms with Gasteiger partial charge in [-0.2, -0.15) is 0 Å². The van der Waals surface area contributed by atoms with Gasteiger partial charge in [0.15, 0.2) is 0 Å². The lowest BCUT2D eigenvalue weighted by Gasteiger charge is -2.37. The molecule has 2 nitrogen and oxygen atoms in total. The van der Waals surface area contributed by atoms with E-state index >= 15 is 0 Å². The first-order chi connectivity index (χ1) is 10.3. The van der Waals surface area contributed by atoms with Gasteiger partial charge in [0, 0.05) is 18.2 Å². The predicted molar refractivity (Wildman–Crippen MR) is 83.1 cm³/mol. The van der Waals surface area contributed by atoms with Crippen molar-refractivity contribution in [1.29, 1.82) is 0 Å². The van der Waals surface area contributed by atoms with Crippen LogP contribution in [0.2, 0.25) is 0 Å². The molecule has 1 aromatic carbocycles. The largest absolute Gasteiger partial charge is 0.320 e. The van der Waals surface area contributed by atoms with Gasteiger partial charge in [-0.1, -0.05) is 18.3 Å². The van der Waals surface area contributed by atoms with Crippen LogP contribution >= 0.6 is 0 Å². The monoisotopic (exact) mass is 286 g/mol. The Labute approximate surface area is 126 Å². The molecule has 2 atom stereocenters. The molecule has 0 spiro atoms. The fourth-order valence-corrected chi connectivity index (χ4v) is 3.95. The van der Waals surface area contributed by atoms with Crippen LogP contribution in [0, 0.1) is 23.6 Å². The average molecular weight is 286 g/mol. The molecule has 3 rings (SSSR count). The van der Waals surface area contributed by atoms with Crippen LogP contribution in [-0.2, 0) is 6.54 Å². The van der Waals surface area contributed by atoms with Crippen molar-refractivity contribution in [2.45, 2.75) is 44.7 Å². The Kier molecular flexibility index (Phi) is 4.57. The Balaban J connectivity index is 1.76. The standard InChI is InChI=1S/C18H23FN2/c19-17-11-14(4-2-8-20)10-15(12-17)13-21-9-3-6-16-5-1-7-18(16)21/h10-12,16,18H,1,3,5-9,13,20H2. The second-order valence-corrected chi connectivity index (χ2v) is 6.23. The number of likely N-dealkylation sites (tertiary alicyclic amines) is 1. The number of piperidine rings is 1. The highest BCUT2D eigenvalue weighted by molar-refractivity contribution is 5.38. The van der Waals surface area contributed by atoms with Crippen LogP contribution in [0.15, 0.2) is 18.2 Å². The van der Waals surface area contributed by atoms with Crippen LogP contribution < -0.4 is 5.73 Å². The number of nitrogens with two attached hydrogens (primary N) is 1. The van der Waals surface area contributed by atoms with Crippen LogP contribution in [0.25, 0.3) is 0 Å². The lowest BCUT2D eigenvalue weighted by atomic mass is 9.91. The van der Waals surface area contributed by atoms with Crippen molar-refractivity contribution in [1.82, 2.24) is 4.90 Å². The molecule has 3 heteroatoms. The summed E-state index contributed by atoms with van der Waals surface area (Å²) >= 11 is 0. The molecule has 2 fully saturated rings. The second kappa shape index (κ2) is 6.60. The molecule has 2 unspecified atom stereocenters. The maximum Gasteiger partial charge on any atom is 0.124 e. The van der Waals surface area contributed by atoms with Gasteiger partial charge in [0.1, 0.15) is 5.82 Å². The number of halogens is 1. The van der Waals surface area contributed by atoms with E-state index in [9.17, 15) is 4.39 Å². The summed E-state index contributed by atoms with van der Waals surface area (Å²) in [7, 11) is 0. The number of benzene rings is 1. The van der Waals surface area contributed by atoms with Gasteiger partial charge >= 0.3 is 0 Å². The van der Waals surface area contributed by atoms with Crippen molar-refractivity contribution in [3.63, 3.8) is 0 Å². The third kappa shape index (κ3) is 3.45. The van der Waals surface area contributed by atoms with Gasteiger partial charge in [-0.15, -0.1) is 0 Å². The first-order valence-corrected chi connectivity index (χ1v) is 7.99. The van der Waals surface area contributed by atoms with Crippen molar-refractivity contribution in [2.75, 3.05) is 13.1 Å². The maximum atomic E-state index is 13.8. The molecule has 1 saturated carbocycles. The van der Waals surface area contributed by atoms with E-state index in [1.807, 2.05) is 6.07 Å². The molecule has 21 heavy (non-hydrogen) atoms. The zero-order valence-electron chi connectivity index (χ0n) is 12.4. The van der Waals surface area contributed by atoms with E-state index in [1.165, 1.54) is 38.2 Å². The molecule has 0 aromatic heterocycles. The average Bonchev–Trinajstić information content (AvgIpc) is 2.94. The van der Waals surface area contributed by atoms with E-state index in [1.54, 1.807) is 6.07 Å². The Morgan fingerprint density at radius 1 is 1.19 bits per heavy atom. The SMILES string of the molecule is NCC#Cc1cc(F)cc(CN2CCCC3CCCC32)c1. The van der Waals surface area contributed by atoms with E-state index in [0.717, 1.165) is 30.1 Å². The quantitative estimate of drug-likeness (QED) is 0.847. The van der Waals surface area contributed by atoms with Crippen molar-refractivity contribution < 1.29 is 4.39 Å². The predicted octanol–water partition coefficient (Wildman–Crippen LogP) is 2.90. The Morgan fingerprint density at radius 3 is 2.90 bits per heavy atom. The number of rotatable bonds is 2. The lowest BCUT2D eigenvalue weighted by molar-refractivity contribution is 0.106. The third-order valence-electron chi connectivity index (χ3n) is 4.79. The van der Waals surface area contributed by atoms with Crippen LogP contribution in [0.4, 0.5) is 4.39 Å². The van der Waals surface area contributed by atoms with Gasteiger partial charge in [0.05, 0.1) is 6.54 Å². The first kappa shape index (κ1) is 14.6. The molecule has 112 valence electrons. The highest BCUT2D eigenvalue weighted by atomic mass is 19.1. The smallest absolute Gasteiger partial charge is 0.124 e. The van der Waals surface area contributed by atoms with Crippen molar-refractivity contribution in [2.24, 2.45) is 11.7 Å². The van der Waals surface area contributed by atoms with Crippen LogP contribution in [0.5, 0.6) is 0 Å². The molecule has 0 radical (unpaired) electrons. The molecular weight excluding hydrogens is 263 g/mol. The fraction of sp³-hybridized carbons (Fsp3) is 0.556. The summed E-state index contributed by atoms with van der Waals surface area (Å²) in [5.74, 6) is 6.40. The van der Waals surface area contributed by atoms with E-state index < -0.39 is 0 Å². The minimum absolute atomic E-state index is 0.200. The zero-order chi connectivity index (χ0) is 14.7. The fourth-order valence-electron chi connectivity index (χ4n) is 3.95. The van der Waals surface area contributed by atoms with Crippen LogP contribution in [0.1, 0.15) is 43.2 Å². The first-order valence-electron chi connectivity index (χ1n) is 7.99. The maximum absolute atomic E-state index is 13.8. The van der Waals surface area contributed by atoms with Crippen LogP contribution in [-0.4, -0.2) is 24.0 Å². The summed E-state index contributed by atoms with van der Waals surface area (Å²) in [5, 5.41) is 0. The minimum Gasteiger partial charge on any atom is -0.320 e. The molecule has 1 saturated heterocycles. The topological polar surface area (TPSA) is 29.3 Å². The Hall–Kier alpha value is -1.37. The van der Waals surface area contributed by atoms with Gasteiger partial charge in [0.2, 0.25) is 0 Å². The Bertz CT molecular complexity index is 558.